The quantitative estimate of drug-likeness (QED) is 0.929. The second-order valence-electron chi connectivity index (χ2n) is 5.78. The van der Waals surface area contributed by atoms with Gasteiger partial charge in [-0.25, -0.2) is 13.1 Å². The van der Waals surface area contributed by atoms with Crippen LogP contribution in [-0.4, -0.2) is 13.6 Å². The van der Waals surface area contributed by atoms with Crippen molar-refractivity contribution >= 4 is 15.9 Å². The van der Waals surface area contributed by atoms with Gasteiger partial charge >= 0.3 is 0 Å². The Hall–Kier alpha value is -1.82. The zero-order valence-electron chi connectivity index (χ0n) is 12.6. The van der Waals surface area contributed by atoms with Gasteiger partial charge in [0.1, 0.15) is 0 Å². The topological polar surface area (TPSA) is 72.2 Å². The molecule has 0 saturated heterocycles. The van der Waals surface area contributed by atoms with Gasteiger partial charge in [-0.15, -0.1) is 0 Å². The van der Waals surface area contributed by atoms with E-state index in [1.54, 1.807) is 30.3 Å². The number of aromatic nitrogens is 1. The Morgan fingerprint density at radius 2 is 1.82 bits per heavy atom. The predicted octanol–water partition coefficient (Wildman–Crippen LogP) is 3.83. The van der Waals surface area contributed by atoms with Crippen LogP contribution in [0.25, 0.3) is 0 Å². The van der Waals surface area contributed by atoms with E-state index >= 15 is 0 Å². The summed E-state index contributed by atoms with van der Waals surface area (Å²) in [6.45, 7) is 1.86. The van der Waals surface area contributed by atoms with Crippen molar-refractivity contribution < 1.29 is 12.9 Å². The van der Waals surface area contributed by atoms with Crippen molar-refractivity contribution in [2.45, 2.75) is 49.8 Å². The van der Waals surface area contributed by atoms with E-state index < -0.39 is 10.0 Å². The van der Waals surface area contributed by atoms with Crippen molar-refractivity contribution in [3.8, 4) is 0 Å². The Bertz CT molecular complexity index is 732. The monoisotopic (exact) mass is 320 g/mol. The summed E-state index contributed by atoms with van der Waals surface area (Å²) >= 11 is 0. The maximum absolute atomic E-state index is 12.3. The van der Waals surface area contributed by atoms with Crippen LogP contribution in [0, 0.1) is 6.92 Å². The number of rotatable bonds is 4. The molecule has 2 aromatic rings. The molecule has 22 heavy (non-hydrogen) atoms. The molecular formula is C16H20N2O3S. The molecule has 1 aromatic carbocycles. The van der Waals surface area contributed by atoms with E-state index in [2.05, 4.69) is 9.88 Å². The van der Waals surface area contributed by atoms with Gasteiger partial charge in [-0.2, -0.15) is 0 Å². The first-order valence-electron chi connectivity index (χ1n) is 7.62. The Labute approximate surface area is 130 Å². The van der Waals surface area contributed by atoms with E-state index in [0.29, 0.717) is 5.92 Å². The third kappa shape index (κ3) is 3.02. The Kier molecular flexibility index (Phi) is 4.20. The zero-order chi connectivity index (χ0) is 15.6. The van der Waals surface area contributed by atoms with E-state index in [0.717, 1.165) is 24.1 Å². The van der Waals surface area contributed by atoms with E-state index in [1.165, 1.54) is 19.3 Å². The molecule has 0 unspecified atom stereocenters. The first-order valence-corrected chi connectivity index (χ1v) is 9.10. The maximum Gasteiger partial charge on any atom is 0.264 e. The summed E-state index contributed by atoms with van der Waals surface area (Å²) in [6, 6.07) is 8.26. The Balaban J connectivity index is 1.83. The summed E-state index contributed by atoms with van der Waals surface area (Å²) in [7, 11) is -3.64. The molecule has 1 aromatic heterocycles. The largest absolute Gasteiger partial charge is 0.337 e. The molecule has 1 aliphatic carbocycles. The van der Waals surface area contributed by atoms with Gasteiger partial charge in [0.15, 0.2) is 0 Å². The van der Waals surface area contributed by atoms with Crippen LogP contribution in [0.15, 0.2) is 39.8 Å². The third-order valence-corrected chi connectivity index (χ3v) is 5.58. The summed E-state index contributed by atoms with van der Waals surface area (Å²) in [4.78, 5) is 0.213. The van der Waals surface area contributed by atoms with Gasteiger partial charge in [-0.3, -0.25) is 0 Å². The molecule has 0 atom stereocenters. The van der Waals surface area contributed by atoms with E-state index in [-0.39, 0.29) is 10.8 Å². The minimum Gasteiger partial charge on any atom is -0.337 e. The molecule has 6 heteroatoms. The van der Waals surface area contributed by atoms with E-state index in [1.807, 2.05) is 6.92 Å². The minimum absolute atomic E-state index is 0.213. The molecule has 0 amide bonds. The molecule has 1 saturated carbocycles. The number of nitrogens with zero attached hydrogens (tertiary/aromatic N) is 1. The van der Waals surface area contributed by atoms with Crippen LogP contribution < -0.4 is 4.72 Å². The van der Waals surface area contributed by atoms with Gasteiger partial charge in [0, 0.05) is 11.5 Å². The molecule has 0 spiro atoms. The number of hydrogen-bond acceptors (Lipinski definition) is 4. The molecule has 118 valence electrons. The van der Waals surface area contributed by atoms with Crippen LogP contribution in [0.5, 0.6) is 0 Å². The van der Waals surface area contributed by atoms with E-state index in [4.69, 9.17) is 4.52 Å². The Morgan fingerprint density at radius 3 is 2.50 bits per heavy atom. The first kappa shape index (κ1) is 15.1. The Morgan fingerprint density at radius 1 is 1.14 bits per heavy atom. The number of nitrogens with one attached hydrogen (secondary N) is 1. The molecule has 1 aliphatic rings. The molecule has 1 fully saturated rings. The van der Waals surface area contributed by atoms with Crippen LogP contribution in [0.1, 0.15) is 49.3 Å². The molecule has 1 heterocycles. The van der Waals surface area contributed by atoms with Crippen LogP contribution in [-0.2, 0) is 10.0 Å². The lowest BCUT2D eigenvalue weighted by Gasteiger charge is -2.19. The lowest BCUT2D eigenvalue weighted by molar-refractivity contribution is 0.387. The summed E-state index contributed by atoms with van der Waals surface area (Å²) in [5.74, 6) is 0.608. The van der Waals surface area contributed by atoms with Crippen molar-refractivity contribution in [2.24, 2.45) is 0 Å². The summed E-state index contributed by atoms with van der Waals surface area (Å²) < 4.78 is 32.5. The highest BCUT2D eigenvalue weighted by atomic mass is 32.2. The molecule has 0 aliphatic heterocycles. The van der Waals surface area contributed by atoms with Gasteiger partial charge < -0.3 is 4.52 Å². The molecular weight excluding hydrogens is 300 g/mol. The van der Waals surface area contributed by atoms with Crippen molar-refractivity contribution in [3.63, 3.8) is 0 Å². The van der Waals surface area contributed by atoms with Crippen LogP contribution in [0.4, 0.5) is 5.88 Å². The fourth-order valence-electron chi connectivity index (χ4n) is 2.98. The van der Waals surface area contributed by atoms with Crippen molar-refractivity contribution in [2.75, 3.05) is 4.72 Å². The van der Waals surface area contributed by atoms with Gasteiger partial charge in [0.05, 0.1) is 10.6 Å². The molecule has 0 bridgehead atoms. The number of anilines is 1. The van der Waals surface area contributed by atoms with Crippen molar-refractivity contribution in [1.29, 1.82) is 0 Å². The first-order chi connectivity index (χ1) is 10.6. The molecule has 5 nitrogen and oxygen atoms in total. The molecule has 0 radical (unpaired) electrons. The van der Waals surface area contributed by atoms with Crippen LogP contribution >= 0.6 is 0 Å². The van der Waals surface area contributed by atoms with Crippen LogP contribution in [0.2, 0.25) is 0 Å². The summed E-state index contributed by atoms with van der Waals surface area (Å²) in [5.41, 5.74) is 1.69. The lowest BCUT2D eigenvalue weighted by Crippen LogP contribution is -2.13. The summed E-state index contributed by atoms with van der Waals surface area (Å²) in [5, 5.41) is 4.12. The maximum atomic E-state index is 12.3. The highest BCUT2D eigenvalue weighted by molar-refractivity contribution is 7.92. The average Bonchev–Trinajstić information content (AvgIpc) is 2.89. The number of sulfonamides is 1. The van der Waals surface area contributed by atoms with E-state index in [9.17, 15) is 8.42 Å². The highest BCUT2D eigenvalue weighted by Gasteiger charge is 2.25. The SMILES string of the molecule is Cc1c(C2CCCCC2)noc1NS(=O)(=O)c1ccccc1. The summed E-state index contributed by atoms with van der Waals surface area (Å²) in [6.07, 6.45) is 5.85. The van der Waals surface area contributed by atoms with Crippen molar-refractivity contribution in [3.05, 3.63) is 41.6 Å². The second kappa shape index (κ2) is 6.12. The van der Waals surface area contributed by atoms with Gasteiger partial charge in [0.25, 0.3) is 10.0 Å². The standard InChI is InChI=1S/C16H20N2O3S/c1-12-15(13-8-4-2-5-9-13)17-21-16(12)18-22(19,20)14-10-6-3-7-11-14/h3,6-7,10-11,13,18H,2,4-5,8-9H2,1H3. The third-order valence-electron chi connectivity index (χ3n) is 4.23. The second-order valence-corrected chi connectivity index (χ2v) is 7.46. The lowest BCUT2D eigenvalue weighted by atomic mass is 9.86. The van der Waals surface area contributed by atoms with Gasteiger partial charge in [-0.05, 0) is 31.9 Å². The van der Waals surface area contributed by atoms with Crippen LogP contribution in [0.3, 0.4) is 0 Å². The predicted molar refractivity (Wildman–Crippen MR) is 84.3 cm³/mol. The highest BCUT2D eigenvalue weighted by Crippen LogP contribution is 2.36. The smallest absolute Gasteiger partial charge is 0.264 e. The zero-order valence-corrected chi connectivity index (χ0v) is 13.4. The van der Waals surface area contributed by atoms with Gasteiger partial charge in [-0.1, -0.05) is 42.6 Å². The fraction of sp³-hybridized carbons (Fsp3) is 0.438. The molecule has 1 N–H and O–H groups in total. The number of benzene rings is 1. The average molecular weight is 320 g/mol. The van der Waals surface area contributed by atoms with Crippen molar-refractivity contribution in [1.82, 2.24) is 5.16 Å². The normalized spacial score (nSPS) is 16.6. The van der Waals surface area contributed by atoms with Gasteiger partial charge in [0.2, 0.25) is 5.88 Å². The minimum atomic E-state index is -3.64. The molecule has 3 rings (SSSR count). The fourth-order valence-corrected chi connectivity index (χ4v) is 4.05. The number of hydrogen-bond donors (Lipinski definition) is 1.